The standard InChI is InChI=1S/C17H21NO5/c1-10-8-13(5-6-22-10)16(19)18-15(17(20)21)12-2-3-14-11(9-12)4-7-23-14/h2-3,9-10,13,15H,4-8H2,1H3,(H,18,19)(H,20,21)/t10-,13+,15-/m1/s1. The molecule has 1 aromatic carbocycles. The average Bonchev–Trinajstić information content (AvgIpc) is 2.99. The van der Waals surface area contributed by atoms with Gasteiger partial charge >= 0.3 is 5.97 Å². The Labute approximate surface area is 134 Å². The van der Waals surface area contributed by atoms with Gasteiger partial charge in [-0.15, -0.1) is 0 Å². The van der Waals surface area contributed by atoms with Gasteiger partial charge in [0.1, 0.15) is 5.75 Å². The van der Waals surface area contributed by atoms with Gasteiger partial charge in [0, 0.05) is 18.9 Å². The number of carbonyl (C=O) groups excluding carboxylic acids is 1. The van der Waals surface area contributed by atoms with Crippen molar-refractivity contribution < 1.29 is 24.2 Å². The minimum Gasteiger partial charge on any atom is -0.493 e. The van der Waals surface area contributed by atoms with Gasteiger partial charge in [-0.2, -0.15) is 0 Å². The van der Waals surface area contributed by atoms with Gasteiger partial charge in [0.05, 0.1) is 12.7 Å². The number of amides is 1. The van der Waals surface area contributed by atoms with Gasteiger partial charge in [-0.3, -0.25) is 4.79 Å². The molecule has 0 bridgehead atoms. The summed E-state index contributed by atoms with van der Waals surface area (Å²) in [5.74, 6) is -0.678. The average molecular weight is 319 g/mol. The van der Waals surface area contributed by atoms with E-state index in [1.165, 1.54) is 0 Å². The van der Waals surface area contributed by atoms with E-state index in [9.17, 15) is 14.7 Å². The van der Waals surface area contributed by atoms with E-state index in [0.717, 1.165) is 17.7 Å². The third-order valence-corrected chi connectivity index (χ3v) is 4.44. The molecule has 3 rings (SSSR count). The third kappa shape index (κ3) is 3.47. The monoisotopic (exact) mass is 319 g/mol. The highest BCUT2D eigenvalue weighted by Crippen LogP contribution is 2.29. The molecule has 1 fully saturated rings. The van der Waals surface area contributed by atoms with Crippen molar-refractivity contribution in [3.8, 4) is 5.75 Å². The molecule has 0 aliphatic carbocycles. The van der Waals surface area contributed by atoms with Gasteiger partial charge in [-0.1, -0.05) is 6.07 Å². The van der Waals surface area contributed by atoms with Crippen molar-refractivity contribution in [2.45, 2.75) is 38.3 Å². The zero-order valence-corrected chi connectivity index (χ0v) is 13.1. The second-order valence-electron chi connectivity index (χ2n) is 6.15. The number of carbonyl (C=O) groups is 2. The molecule has 0 unspecified atom stereocenters. The molecule has 124 valence electrons. The first-order chi connectivity index (χ1) is 11.0. The fourth-order valence-electron chi connectivity index (χ4n) is 3.17. The molecular formula is C17H21NO5. The van der Waals surface area contributed by atoms with Gasteiger partial charge in [0.15, 0.2) is 6.04 Å². The van der Waals surface area contributed by atoms with E-state index in [4.69, 9.17) is 9.47 Å². The second kappa shape index (κ2) is 6.58. The molecule has 2 aliphatic rings. The van der Waals surface area contributed by atoms with Crippen LogP contribution in [0.1, 0.15) is 36.9 Å². The van der Waals surface area contributed by atoms with E-state index in [-0.39, 0.29) is 17.9 Å². The Morgan fingerprint density at radius 1 is 1.35 bits per heavy atom. The maximum atomic E-state index is 12.4. The van der Waals surface area contributed by atoms with E-state index in [1.54, 1.807) is 12.1 Å². The molecule has 0 spiro atoms. The molecule has 3 atom stereocenters. The molecule has 23 heavy (non-hydrogen) atoms. The van der Waals surface area contributed by atoms with Crippen LogP contribution in [0.3, 0.4) is 0 Å². The predicted molar refractivity (Wildman–Crippen MR) is 82.3 cm³/mol. The molecule has 0 aromatic heterocycles. The topological polar surface area (TPSA) is 84.9 Å². The van der Waals surface area contributed by atoms with Crippen LogP contribution in [-0.2, 0) is 20.7 Å². The maximum Gasteiger partial charge on any atom is 0.330 e. The fourth-order valence-corrected chi connectivity index (χ4v) is 3.17. The maximum absolute atomic E-state index is 12.4. The Morgan fingerprint density at radius 2 is 2.17 bits per heavy atom. The smallest absolute Gasteiger partial charge is 0.330 e. The number of carboxylic acids is 1. The zero-order chi connectivity index (χ0) is 16.4. The highest BCUT2D eigenvalue weighted by Gasteiger charge is 2.30. The summed E-state index contributed by atoms with van der Waals surface area (Å²) in [6.45, 7) is 3.07. The number of fused-ring (bicyclic) bond motifs is 1. The number of rotatable bonds is 4. The lowest BCUT2D eigenvalue weighted by Crippen LogP contribution is -2.40. The number of hydrogen-bond donors (Lipinski definition) is 2. The Bertz CT molecular complexity index is 615. The Morgan fingerprint density at radius 3 is 2.91 bits per heavy atom. The third-order valence-electron chi connectivity index (χ3n) is 4.44. The van der Waals surface area contributed by atoms with Crippen LogP contribution in [0.4, 0.5) is 0 Å². The molecule has 1 aromatic rings. The first-order valence-electron chi connectivity index (χ1n) is 7.95. The molecule has 2 heterocycles. The van der Waals surface area contributed by atoms with Crippen LogP contribution in [0.15, 0.2) is 18.2 Å². The number of ether oxygens (including phenoxy) is 2. The summed E-state index contributed by atoms with van der Waals surface area (Å²) in [7, 11) is 0. The lowest BCUT2D eigenvalue weighted by molar-refractivity contribution is -0.143. The molecule has 2 N–H and O–H groups in total. The number of aliphatic carboxylic acids is 1. The number of benzene rings is 1. The number of carboxylic acid groups (broad SMARTS) is 1. The van der Waals surface area contributed by atoms with Crippen LogP contribution in [0, 0.1) is 5.92 Å². The number of nitrogens with one attached hydrogen (secondary N) is 1. The fraction of sp³-hybridized carbons (Fsp3) is 0.529. The van der Waals surface area contributed by atoms with E-state index in [1.807, 2.05) is 13.0 Å². The van der Waals surface area contributed by atoms with Crippen LogP contribution in [0.2, 0.25) is 0 Å². The van der Waals surface area contributed by atoms with Crippen LogP contribution >= 0.6 is 0 Å². The van der Waals surface area contributed by atoms with Crippen LogP contribution < -0.4 is 10.1 Å². The van der Waals surface area contributed by atoms with E-state index >= 15 is 0 Å². The van der Waals surface area contributed by atoms with Crippen molar-refractivity contribution in [2.75, 3.05) is 13.2 Å². The summed E-state index contributed by atoms with van der Waals surface area (Å²) in [5.41, 5.74) is 1.57. The summed E-state index contributed by atoms with van der Waals surface area (Å²) in [6.07, 6.45) is 2.04. The summed E-state index contributed by atoms with van der Waals surface area (Å²) in [4.78, 5) is 24.0. The summed E-state index contributed by atoms with van der Waals surface area (Å²) < 4.78 is 10.9. The van der Waals surface area contributed by atoms with E-state index in [2.05, 4.69) is 5.32 Å². The minimum atomic E-state index is -1.06. The second-order valence-corrected chi connectivity index (χ2v) is 6.15. The summed E-state index contributed by atoms with van der Waals surface area (Å²) >= 11 is 0. The van der Waals surface area contributed by atoms with Gasteiger partial charge in [0.25, 0.3) is 0 Å². The molecule has 6 nitrogen and oxygen atoms in total. The van der Waals surface area contributed by atoms with Crippen molar-refractivity contribution >= 4 is 11.9 Å². The quantitative estimate of drug-likeness (QED) is 0.882. The summed E-state index contributed by atoms with van der Waals surface area (Å²) in [6, 6.07) is 4.26. The van der Waals surface area contributed by atoms with Gasteiger partial charge in [-0.05, 0) is 43.0 Å². The minimum absolute atomic E-state index is 0.0277. The normalized spacial score (nSPS) is 24.4. The first kappa shape index (κ1) is 15.8. The lowest BCUT2D eigenvalue weighted by Gasteiger charge is -2.27. The van der Waals surface area contributed by atoms with Crippen molar-refractivity contribution in [2.24, 2.45) is 5.92 Å². The Hall–Kier alpha value is -2.08. The van der Waals surface area contributed by atoms with Crippen LogP contribution in [0.5, 0.6) is 5.75 Å². The zero-order valence-electron chi connectivity index (χ0n) is 13.1. The molecule has 0 radical (unpaired) electrons. The molecular weight excluding hydrogens is 298 g/mol. The van der Waals surface area contributed by atoms with Gasteiger partial charge in [0.2, 0.25) is 5.91 Å². The molecule has 1 saturated heterocycles. The predicted octanol–water partition coefficient (Wildman–Crippen LogP) is 1.68. The molecule has 2 aliphatic heterocycles. The van der Waals surface area contributed by atoms with E-state index < -0.39 is 12.0 Å². The molecule has 0 saturated carbocycles. The summed E-state index contributed by atoms with van der Waals surface area (Å²) in [5, 5.41) is 12.2. The molecule has 1 amide bonds. The number of hydrogen-bond acceptors (Lipinski definition) is 4. The highest BCUT2D eigenvalue weighted by atomic mass is 16.5. The largest absolute Gasteiger partial charge is 0.493 e. The van der Waals surface area contributed by atoms with Crippen LogP contribution in [0.25, 0.3) is 0 Å². The van der Waals surface area contributed by atoms with Crippen molar-refractivity contribution in [1.29, 1.82) is 0 Å². The van der Waals surface area contributed by atoms with Gasteiger partial charge in [-0.25, -0.2) is 4.79 Å². The van der Waals surface area contributed by atoms with Crippen LogP contribution in [-0.4, -0.2) is 36.3 Å². The molecule has 6 heteroatoms. The highest BCUT2D eigenvalue weighted by molar-refractivity contribution is 5.86. The lowest BCUT2D eigenvalue weighted by atomic mass is 9.94. The van der Waals surface area contributed by atoms with Crippen molar-refractivity contribution in [1.82, 2.24) is 5.32 Å². The van der Waals surface area contributed by atoms with Gasteiger partial charge < -0.3 is 19.9 Å². The first-order valence-corrected chi connectivity index (χ1v) is 7.95. The van der Waals surface area contributed by atoms with E-state index in [0.29, 0.717) is 31.6 Å². The Balaban J connectivity index is 1.74. The van der Waals surface area contributed by atoms with Crippen molar-refractivity contribution in [3.63, 3.8) is 0 Å². The van der Waals surface area contributed by atoms with Crippen molar-refractivity contribution in [3.05, 3.63) is 29.3 Å². The Kier molecular flexibility index (Phi) is 4.52. The SMILES string of the molecule is C[C@@H]1C[C@@H](C(=O)N[C@@H](C(=O)O)c2ccc3c(c2)CCO3)CCO1.